The third kappa shape index (κ3) is 17.2. The summed E-state index contributed by atoms with van der Waals surface area (Å²) in [5, 5.41) is 96.9. The lowest BCUT2D eigenvalue weighted by Crippen LogP contribution is -2.43. The molecule has 4 atom stereocenters. The van der Waals surface area contributed by atoms with Gasteiger partial charge in [-0.25, -0.2) is 38.0 Å². The van der Waals surface area contributed by atoms with Crippen molar-refractivity contribution in [2.24, 2.45) is 5.92 Å². The van der Waals surface area contributed by atoms with Crippen LogP contribution < -0.4 is 5.32 Å². The van der Waals surface area contributed by atoms with E-state index in [4.69, 9.17) is 25.0 Å². The maximum absolute atomic E-state index is 10.2. The van der Waals surface area contributed by atoms with Gasteiger partial charge in [-0.3, -0.25) is 37.5 Å². The molecule has 0 bridgehead atoms. The smallest absolute Gasteiger partial charge is 0.0999 e. The molecule has 16 aromatic rings. The zero-order valence-corrected chi connectivity index (χ0v) is 70.8. The summed E-state index contributed by atoms with van der Waals surface area (Å²) in [5.74, 6) is 0.471. The van der Waals surface area contributed by atoms with Crippen LogP contribution in [0.15, 0.2) is 173 Å². The Hall–Kier alpha value is -12.0. The Morgan fingerprint density at radius 1 is 0.352 bits per heavy atom. The van der Waals surface area contributed by atoms with Crippen LogP contribution in [0.5, 0.6) is 0 Å². The molecule has 33 nitrogen and oxygen atoms in total. The zero-order valence-electron chi connectivity index (χ0n) is 70.8. The number of rotatable bonds is 28. The molecule has 0 radical (unpaired) electrons. The number of nitrogens with zero attached hydrogens (tertiary/aromatic N) is 28. The van der Waals surface area contributed by atoms with Gasteiger partial charge in [0.05, 0.1) is 234 Å². The molecular formula is C89H111N29O4. The van der Waals surface area contributed by atoms with Crippen LogP contribution in [0.2, 0.25) is 0 Å². The Balaban J connectivity index is 0.000000116. The first kappa shape index (κ1) is 82.3. The lowest BCUT2D eigenvalue weighted by Gasteiger charge is -2.34. The van der Waals surface area contributed by atoms with Crippen molar-refractivity contribution in [1.29, 1.82) is 0 Å². The highest BCUT2D eigenvalue weighted by molar-refractivity contribution is 5.81. The molecule has 0 spiro atoms. The SMILES string of the molecule is CCC(CC)n1cc(-c2nc(-c3cnn(C4CC(O)C4)c3)cn3nccc23)cn1.CCC(CC)n1cc(-c2nc(-c3cnn(C4CCC[C@H]4O)c3)cn3nccc23)cn1.CCC(CC)n1cc(-c2nc(-c3cnn(CCNC4CC(CO)C4)c3)cn3nccc23)cn1.CCC(CC)n1cc(-c2nc(-c3cnn([C@H]4CCC[C@@H]4O)c3)cn3nccc23)cn1. The van der Waals surface area contributed by atoms with E-state index in [0.717, 1.165) is 241 Å². The normalized spacial score (nSPS) is 19.0. The van der Waals surface area contributed by atoms with E-state index in [1.807, 2.05) is 179 Å². The van der Waals surface area contributed by atoms with Gasteiger partial charge >= 0.3 is 0 Å². The predicted molar refractivity (Wildman–Crippen MR) is 464 cm³/mol. The second kappa shape index (κ2) is 36.7. The van der Waals surface area contributed by atoms with Crippen LogP contribution in [0.4, 0.5) is 0 Å². The molecule has 16 aromatic heterocycles. The van der Waals surface area contributed by atoms with E-state index < -0.39 is 0 Å². The number of hydrogen-bond donors (Lipinski definition) is 5. The number of nitrogens with one attached hydrogen (secondary N) is 1. The molecule has 4 aliphatic rings. The van der Waals surface area contributed by atoms with Crippen molar-refractivity contribution in [3.8, 4) is 90.1 Å². The van der Waals surface area contributed by atoms with Crippen LogP contribution in [0.1, 0.15) is 213 Å². The average Bonchev–Trinajstić information content (AvgIpc) is 1.64. The van der Waals surface area contributed by atoms with E-state index in [-0.39, 0.29) is 36.4 Å². The first-order valence-corrected chi connectivity index (χ1v) is 43.8. The highest BCUT2D eigenvalue weighted by atomic mass is 16.3. The Bertz CT molecular complexity index is 5920. The van der Waals surface area contributed by atoms with Crippen molar-refractivity contribution in [3.63, 3.8) is 0 Å². The Morgan fingerprint density at radius 3 is 0.992 bits per heavy atom. The Kier molecular flexibility index (Phi) is 24.8. The van der Waals surface area contributed by atoms with Crippen LogP contribution in [0.25, 0.3) is 112 Å². The summed E-state index contributed by atoms with van der Waals surface area (Å²) >= 11 is 0. The van der Waals surface area contributed by atoms with Gasteiger partial charge < -0.3 is 25.7 Å². The second-order valence-electron chi connectivity index (χ2n) is 33.0. The summed E-state index contributed by atoms with van der Waals surface area (Å²) in [5.41, 5.74) is 18.2. The Morgan fingerprint density at radius 2 is 0.672 bits per heavy atom. The molecule has 20 rings (SSSR count). The molecule has 1 unspecified atom stereocenters. The predicted octanol–water partition coefficient (Wildman–Crippen LogP) is 14.5. The van der Waals surface area contributed by atoms with Crippen LogP contribution in [0.3, 0.4) is 0 Å². The Labute approximate surface area is 707 Å². The lowest BCUT2D eigenvalue weighted by molar-refractivity contribution is 0.0434. The van der Waals surface area contributed by atoms with E-state index in [1.165, 1.54) is 0 Å². The third-order valence-corrected chi connectivity index (χ3v) is 25.2. The fourth-order valence-corrected chi connectivity index (χ4v) is 17.7. The summed E-state index contributed by atoms with van der Waals surface area (Å²) in [6.45, 7) is 19.4. The highest BCUT2D eigenvalue weighted by Gasteiger charge is 2.33. The molecular weight excluding hydrogens is 1540 g/mol. The van der Waals surface area contributed by atoms with Gasteiger partial charge in [0.25, 0.3) is 0 Å². The van der Waals surface area contributed by atoms with E-state index in [0.29, 0.717) is 42.7 Å². The fraction of sp³-hybridized carbons (Fsp3) is 0.461. The number of hydrogen-bond acceptors (Lipinski definition) is 21. The van der Waals surface area contributed by atoms with Gasteiger partial charge in [0.15, 0.2) is 0 Å². The van der Waals surface area contributed by atoms with Gasteiger partial charge in [-0.1, -0.05) is 55.4 Å². The van der Waals surface area contributed by atoms with E-state index in [1.54, 1.807) is 24.8 Å². The molecule has 5 N–H and O–H groups in total. The van der Waals surface area contributed by atoms with Gasteiger partial charge in [-0.15, -0.1) is 0 Å². The standard InChI is InChI=1S/C24H32N8O.2C22H27N7O.C21H25N7O/c1-3-21(4-2)31-14-19(12-28-31)24-23-5-6-26-32(23)15-22(29-24)18-11-27-30(13-18)8-7-25-20-9-17(10-20)16-33;2*1-3-17(4-2)27-13-16(11-24-27)22-20-8-9-23-29(20)14-18(26-22)15-10-25-28(12-15)19-6-5-7-21(19)30;1-3-16(4-2)26-12-15(10-24-26)21-20-5-6-22-28(20)13-19(25-21)14-9-23-27(11-14)17-7-18(29)8-17/h5-6,11-15,17,20-21,25,33H,3-4,7-10,16H2,1-2H3;2*8-14,17,19,21,30H,3-7H2,1-2H3;5-6,9-13,16-18,29H,3-4,7-8H2,1-2H3/t;19?,21-;19-,21-;/m.10./s1. The number of aromatic nitrogens is 28. The number of aliphatic hydroxyl groups is 4. The minimum absolute atomic E-state index is 0.0462. The highest BCUT2D eigenvalue weighted by Crippen LogP contribution is 2.39. The van der Waals surface area contributed by atoms with Crippen molar-refractivity contribution in [1.82, 2.24) is 142 Å². The number of fused-ring (bicyclic) bond motifs is 4. The minimum atomic E-state index is -0.328. The monoisotopic (exact) mass is 1650 g/mol. The van der Waals surface area contributed by atoms with Gasteiger partial charge in [0.1, 0.15) is 0 Å². The van der Waals surface area contributed by atoms with Crippen molar-refractivity contribution in [2.75, 3.05) is 13.2 Å². The average molecular weight is 1650 g/mol. The van der Waals surface area contributed by atoms with Crippen molar-refractivity contribution < 1.29 is 20.4 Å². The molecule has 636 valence electrons. The van der Waals surface area contributed by atoms with Crippen molar-refractivity contribution in [3.05, 3.63) is 173 Å². The first-order chi connectivity index (χ1) is 59.7. The van der Waals surface area contributed by atoms with E-state index in [9.17, 15) is 15.3 Å². The maximum Gasteiger partial charge on any atom is 0.0999 e. The van der Waals surface area contributed by atoms with Crippen LogP contribution >= 0.6 is 0 Å². The quantitative estimate of drug-likeness (QED) is 0.0304. The van der Waals surface area contributed by atoms with Crippen LogP contribution in [-0.4, -0.2) is 195 Å². The van der Waals surface area contributed by atoms with Crippen LogP contribution in [-0.2, 0) is 6.54 Å². The second-order valence-corrected chi connectivity index (χ2v) is 33.0. The molecule has 4 aliphatic carbocycles. The zero-order chi connectivity index (χ0) is 84.1. The summed E-state index contributed by atoms with van der Waals surface area (Å²) in [6.07, 6.45) is 62.9. The van der Waals surface area contributed by atoms with Gasteiger partial charge in [-0.2, -0.15) is 61.2 Å². The maximum atomic E-state index is 10.2. The molecule has 0 saturated heterocycles. The summed E-state index contributed by atoms with van der Waals surface area (Å²) < 4.78 is 23.2. The van der Waals surface area contributed by atoms with Gasteiger partial charge in [0, 0.05) is 113 Å². The molecule has 16 heterocycles. The first-order valence-electron chi connectivity index (χ1n) is 43.8. The molecule has 0 aromatic carbocycles. The van der Waals surface area contributed by atoms with E-state index in [2.05, 4.69) is 147 Å². The molecule has 0 aliphatic heterocycles. The van der Waals surface area contributed by atoms with Crippen molar-refractivity contribution >= 4 is 22.1 Å². The molecule has 33 heteroatoms. The topological polar surface area (TPSA) is 356 Å². The van der Waals surface area contributed by atoms with Gasteiger partial charge in [-0.05, 0) is 146 Å². The van der Waals surface area contributed by atoms with Crippen LogP contribution in [0, 0.1) is 5.92 Å². The molecule has 122 heavy (non-hydrogen) atoms. The third-order valence-electron chi connectivity index (χ3n) is 25.2. The molecule has 0 amide bonds. The minimum Gasteiger partial charge on any atom is -0.396 e. The summed E-state index contributed by atoms with van der Waals surface area (Å²) in [7, 11) is 0. The summed E-state index contributed by atoms with van der Waals surface area (Å²) in [6, 6.07) is 10.3. The molecule has 4 fully saturated rings. The van der Waals surface area contributed by atoms with Gasteiger partial charge in [0.2, 0.25) is 0 Å². The van der Waals surface area contributed by atoms with E-state index >= 15 is 0 Å². The molecule has 4 saturated carbocycles. The fourth-order valence-electron chi connectivity index (χ4n) is 17.7. The lowest BCUT2D eigenvalue weighted by atomic mass is 9.81. The number of aliphatic hydroxyl groups excluding tert-OH is 4. The summed E-state index contributed by atoms with van der Waals surface area (Å²) in [4.78, 5) is 19.9. The largest absolute Gasteiger partial charge is 0.396 e. The van der Waals surface area contributed by atoms with Crippen molar-refractivity contribution in [2.45, 2.75) is 244 Å².